The molecule has 0 saturated carbocycles. The van der Waals surface area contributed by atoms with Crippen molar-refractivity contribution >= 4 is 33.5 Å². The van der Waals surface area contributed by atoms with Crippen molar-refractivity contribution in [2.75, 3.05) is 4.72 Å². The molecule has 0 aliphatic carbocycles. The second-order valence-corrected chi connectivity index (χ2v) is 5.87. The molecule has 0 atom stereocenters. The van der Waals surface area contributed by atoms with Crippen LogP contribution in [0, 0.1) is 5.82 Å². The van der Waals surface area contributed by atoms with Gasteiger partial charge in [-0.25, -0.2) is 22.3 Å². The number of benzene rings is 1. The number of hydrogen-bond donors (Lipinski definition) is 2. The summed E-state index contributed by atoms with van der Waals surface area (Å²) in [4.78, 5) is 10.9. The predicted molar refractivity (Wildman–Crippen MR) is 68.0 cm³/mol. The number of nitrogens with zero attached hydrogens (tertiary/aromatic N) is 4. The molecule has 1 aromatic carbocycles. The van der Waals surface area contributed by atoms with Gasteiger partial charge in [-0.2, -0.15) is 4.80 Å². The summed E-state index contributed by atoms with van der Waals surface area (Å²) in [6, 6.07) is 1.58. The van der Waals surface area contributed by atoms with Crippen LogP contribution in [0.15, 0.2) is 17.0 Å². The highest BCUT2D eigenvalue weighted by Gasteiger charge is 2.26. The molecule has 21 heavy (non-hydrogen) atoms. The van der Waals surface area contributed by atoms with E-state index >= 15 is 0 Å². The molecule has 0 amide bonds. The van der Waals surface area contributed by atoms with Gasteiger partial charge in [-0.05, 0) is 17.3 Å². The number of carboxylic acids is 1. The fourth-order valence-corrected chi connectivity index (χ4v) is 2.76. The van der Waals surface area contributed by atoms with Crippen molar-refractivity contribution in [1.29, 1.82) is 0 Å². The van der Waals surface area contributed by atoms with Crippen molar-refractivity contribution in [2.24, 2.45) is 7.05 Å². The monoisotopic (exact) mass is 335 g/mol. The first-order valence-electron chi connectivity index (χ1n) is 5.20. The number of hydrogen-bond acceptors (Lipinski definition) is 6. The zero-order valence-electron chi connectivity index (χ0n) is 10.3. The third-order valence-corrected chi connectivity index (χ3v) is 3.80. The molecule has 1 aromatic heterocycles. The van der Waals surface area contributed by atoms with Gasteiger partial charge in [0.2, 0.25) is 0 Å². The van der Waals surface area contributed by atoms with Crippen molar-refractivity contribution in [3.05, 3.63) is 28.5 Å². The van der Waals surface area contributed by atoms with Crippen LogP contribution < -0.4 is 4.72 Å². The number of nitrogens with one attached hydrogen (secondary N) is 1. The number of sulfonamides is 1. The van der Waals surface area contributed by atoms with E-state index in [0.717, 1.165) is 16.9 Å². The minimum absolute atomic E-state index is 0.249. The van der Waals surface area contributed by atoms with Gasteiger partial charge >= 0.3 is 5.97 Å². The molecular formula is C9H7ClFN5O4S. The average molecular weight is 336 g/mol. The van der Waals surface area contributed by atoms with Crippen LogP contribution in [0.3, 0.4) is 0 Å². The molecule has 0 aliphatic rings. The summed E-state index contributed by atoms with van der Waals surface area (Å²) >= 11 is 5.61. The van der Waals surface area contributed by atoms with Crippen LogP contribution in [-0.4, -0.2) is 39.7 Å². The Balaban J connectivity index is 2.52. The van der Waals surface area contributed by atoms with E-state index in [1.807, 2.05) is 4.72 Å². The summed E-state index contributed by atoms with van der Waals surface area (Å²) in [5.41, 5.74) is -0.866. The van der Waals surface area contributed by atoms with Crippen LogP contribution in [0.4, 0.5) is 10.3 Å². The standard InChI is InChI=1S/C9H7ClFN5O4S/c1-16-13-9(12-15-16)14-21(19,20)6-3-4(10)2-5(7(6)11)8(17)18/h2-3H,1H3,(H,13,14)(H,17,18). The van der Waals surface area contributed by atoms with Gasteiger partial charge < -0.3 is 5.11 Å². The summed E-state index contributed by atoms with van der Waals surface area (Å²) in [6.07, 6.45) is 0. The molecule has 0 aliphatic heterocycles. The predicted octanol–water partition coefficient (Wildman–Crippen LogP) is 0.502. The highest BCUT2D eigenvalue weighted by molar-refractivity contribution is 7.92. The van der Waals surface area contributed by atoms with Gasteiger partial charge in [-0.1, -0.05) is 16.7 Å². The van der Waals surface area contributed by atoms with E-state index in [1.165, 1.54) is 7.05 Å². The Labute approximate surface area is 122 Å². The highest BCUT2D eigenvalue weighted by atomic mass is 35.5. The molecule has 2 N–H and O–H groups in total. The lowest BCUT2D eigenvalue weighted by Gasteiger charge is -2.08. The number of carboxylic acid groups (broad SMARTS) is 1. The summed E-state index contributed by atoms with van der Waals surface area (Å²) in [5, 5.41) is 18.9. The van der Waals surface area contributed by atoms with Crippen molar-refractivity contribution in [3.8, 4) is 0 Å². The van der Waals surface area contributed by atoms with E-state index in [-0.39, 0.29) is 5.02 Å². The van der Waals surface area contributed by atoms with E-state index in [2.05, 4.69) is 15.4 Å². The number of aromatic carboxylic acids is 1. The lowest BCUT2D eigenvalue weighted by Crippen LogP contribution is -2.17. The number of halogens is 2. The number of tetrazole rings is 1. The number of anilines is 1. The maximum Gasteiger partial charge on any atom is 0.338 e. The summed E-state index contributed by atoms with van der Waals surface area (Å²) < 4.78 is 39.9. The van der Waals surface area contributed by atoms with Crippen LogP contribution in [0.5, 0.6) is 0 Å². The summed E-state index contributed by atoms with van der Waals surface area (Å²) in [7, 11) is -3.06. The van der Waals surface area contributed by atoms with Crippen molar-refractivity contribution < 1.29 is 22.7 Å². The van der Waals surface area contributed by atoms with Crippen LogP contribution >= 0.6 is 11.6 Å². The first kappa shape index (κ1) is 15.1. The normalized spacial score (nSPS) is 11.4. The number of rotatable bonds is 4. The molecule has 2 rings (SSSR count). The molecule has 12 heteroatoms. The van der Waals surface area contributed by atoms with Gasteiger partial charge in [0.15, 0.2) is 5.82 Å². The molecule has 0 bridgehead atoms. The Kier molecular flexibility index (Phi) is 3.78. The van der Waals surface area contributed by atoms with E-state index < -0.39 is 38.2 Å². The number of carbonyl (C=O) groups is 1. The fraction of sp³-hybridized carbons (Fsp3) is 0.111. The Morgan fingerprint density at radius 1 is 1.48 bits per heavy atom. The van der Waals surface area contributed by atoms with Crippen molar-refractivity contribution in [3.63, 3.8) is 0 Å². The molecular weight excluding hydrogens is 329 g/mol. The van der Waals surface area contributed by atoms with Crippen LogP contribution in [0.1, 0.15) is 10.4 Å². The van der Waals surface area contributed by atoms with Crippen molar-refractivity contribution in [2.45, 2.75) is 4.90 Å². The lowest BCUT2D eigenvalue weighted by molar-refractivity contribution is 0.0691. The Hall–Kier alpha value is -2.27. The van der Waals surface area contributed by atoms with E-state index in [1.54, 1.807) is 0 Å². The smallest absolute Gasteiger partial charge is 0.338 e. The number of aryl methyl sites for hydroxylation is 1. The van der Waals surface area contributed by atoms with Gasteiger partial charge in [-0.3, -0.25) is 0 Å². The molecule has 1 heterocycles. The summed E-state index contributed by atoms with van der Waals surface area (Å²) in [5.74, 6) is -3.49. The maximum absolute atomic E-state index is 14.0. The lowest BCUT2D eigenvalue weighted by atomic mass is 10.2. The van der Waals surface area contributed by atoms with Crippen molar-refractivity contribution in [1.82, 2.24) is 20.2 Å². The molecule has 112 valence electrons. The van der Waals surface area contributed by atoms with Crippen LogP contribution in [0.2, 0.25) is 5.02 Å². The molecule has 0 saturated heterocycles. The topological polar surface area (TPSA) is 127 Å². The second-order valence-electron chi connectivity index (χ2n) is 3.78. The Morgan fingerprint density at radius 3 is 2.67 bits per heavy atom. The van der Waals surface area contributed by atoms with Gasteiger partial charge in [0, 0.05) is 5.02 Å². The third kappa shape index (κ3) is 3.08. The quantitative estimate of drug-likeness (QED) is 0.832. The fourth-order valence-electron chi connectivity index (χ4n) is 1.42. The second kappa shape index (κ2) is 5.26. The maximum atomic E-state index is 14.0. The van der Waals surface area contributed by atoms with Gasteiger partial charge in [0.1, 0.15) is 4.90 Å². The Morgan fingerprint density at radius 2 is 2.14 bits per heavy atom. The van der Waals surface area contributed by atoms with E-state index in [0.29, 0.717) is 0 Å². The van der Waals surface area contributed by atoms with E-state index in [4.69, 9.17) is 16.7 Å². The van der Waals surface area contributed by atoms with Gasteiger partial charge in [-0.15, -0.1) is 5.10 Å². The molecule has 0 unspecified atom stereocenters. The molecule has 0 spiro atoms. The molecule has 0 fully saturated rings. The SMILES string of the molecule is Cn1nnc(NS(=O)(=O)c2cc(Cl)cc(C(=O)O)c2F)n1. The molecule has 0 radical (unpaired) electrons. The first-order chi connectivity index (χ1) is 9.70. The first-order valence-corrected chi connectivity index (χ1v) is 7.06. The minimum atomic E-state index is -4.46. The minimum Gasteiger partial charge on any atom is -0.478 e. The average Bonchev–Trinajstić information content (AvgIpc) is 2.76. The van der Waals surface area contributed by atoms with Crippen LogP contribution in [0.25, 0.3) is 0 Å². The highest BCUT2D eigenvalue weighted by Crippen LogP contribution is 2.25. The van der Waals surface area contributed by atoms with E-state index in [9.17, 15) is 17.6 Å². The van der Waals surface area contributed by atoms with Gasteiger partial charge in [0.25, 0.3) is 16.0 Å². The number of aromatic nitrogens is 4. The zero-order chi connectivity index (χ0) is 15.8. The van der Waals surface area contributed by atoms with Gasteiger partial charge in [0.05, 0.1) is 12.6 Å². The summed E-state index contributed by atoms with van der Waals surface area (Å²) in [6.45, 7) is 0. The molecule has 2 aromatic rings. The Bertz CT molecular complexity index is 822. The molecule has 9 nitrogen and oxygen atoms in total. The van der Waals surface area contributed by atoms with Crippen LogP contribution in [-0.2, 0) is 17.1 Å². The zero-order valence-corrected chi connectivity index (χ0v) is 11.9. The largest absolute Gasteiger partial charge is 0.478 e. The third-order valence-electron chi connectivity index (χ3n) is 2.26.